The SMILES string of the molecule is CCN(CC)C(=O)C(C)n1c(CCl)nc2ccc(Cl)cc21. The van der Waals surface area contributed by atoms with E-state index in [0.29, 0.717) is 23.9 Å². The van der Waals surface area contributed by atoms with Crippen LogP contribution in [0.25, 0.3) is 11.0 Å². The predicted octanol–water partition coefficient (Wildman–Crippen LogP) is 3.86. The van der Waals surface area contributed by atoms with Gasteiger partial charge < -0.3 is 9.47 Å². The third-order valence-electron chi connectivity index (χ3n) is 3.66. The predicted molar refractivity (Wildman–Crippen MR) is 86.9 cm³/mol. The lowest BCUT2D eigenvalue weighted by Crippen LogP contribution is -2.36. The van der Waals surface area contributed by atoms with Crippen molar-refractivity contribution in [2.75, 3.05) is 13.1 Å². The third kappa shape index (κ3) is 3.01. The summed E-state index contributed by atoms with van der Waals surface area (Å²) in [6.07, 6.45) is 0. The Balaban J connectivity index is 2.53. The van der Waals surface area contributed by atoms with Gasteiger partial charge in [-0.15, -0.1) is 11.6 Å². The number of hydrogen-bond donors (Lipinski definition) is 0. The van der Waals surface area contributed by atoms with Crippen LogP contribution in [0.15, 0.2) is 18.2 Å². The highest BCUT2D eigenvalue weighted by Crippen LogP contribution is 2.26. The molecule has 21 heavy (non-hydrogen) atoms. The molecule has 0 aliphatic rings. The number of aromatic nitrogens is 2. The normalized spacial score (nSPS) is 12.6. The molecule has 2 rings (SSSR count). The molecule has 0 N–H and O–H groups in total. The molecule has 114 valence electrons. The Hall–Kier alpha value is -1.26. The molecule has 0 aliphatic heterocycles. The Kier molecular flexibility index (Phi) is 5.12. The van der Waals surface area contributed by atoms with E-state index in [-0.39, 0.29) is 17.8 Å². The summed E-state index contributed by atoms with van der Waals surface area (Å²) in [6, 6.07) is 5.10. The molecular weight excluding hydrogens is 309 g/mol. The topological polar surface area (TPSA) is 38.1 Å². The monoisotopic (exact) mass is 327 g/mol. The van der Waals surface area contributed by atoms with E-state index in [1.807, 2.05) is 37.5 Å². The average Bonchev–Trinajstić information content (AvgIpc) is 2.85. The molecule has 0 radical (unpaired) electrons. The fraction of sp³-hybridized carbons (Fsp3) is 0.467. The molecule has 2 aromatic rings. The Morgan fingerprint density at radius 3 is 2.62 bits per heavy atom. The molecule has 1 heterocycles. The molecule has 0 aliphatic carbocycles. The van der Waals surface area contributed by atoms with E-state index < -0.39 is 0 Å². The van der Waals surface area contributed by atoms with Crippen molar-refractivity contribution >= 4 is 40.1 Å². The Morgan fingerprint density at radius 1 is 1.38 bits per heavy atom. The largest absolute Gasteiger partial charge is 0.341 e. The number of hydrogen-bond acceptors (Lipinski definition) is 2. The number of alkyl halides is 1. The first-order valence-electron chi connectivity index (χ1n) is 7.04. The van der Waals surface area contributed by atoms with Crippen LogP contribution in [-0.2, 0) is 10.7 Å². The molecule has 0 bridgehead atoms. The number of fused-ring (bicyclic) bond motifs is 1. The van der Waals surface area contributed by atoms with Crippen LogP contribution in [0.4, 0.5) is 0 Å². The van der Waals surface area contributed by atoms with E-state index in [0.717, 1.165) is 11.0 Å². The van der Waals surface area contributed by atoms with E-state index in [9.17, 15) is 4.79 Å². The van der Waals surface area contributed by atoms with Crippen molar-refractivity contribution in [3.8, 4) is 0 Å². The van der Waals surface area contributed by atoms with E-state index in [2.05, 4.69) is 4.98 Å². The van der Waals surface area contributed by atoms with Gasteiger partial charge in [-0.3, -0.25) is 4.79 Å². The minimum absolute atomic E-state index is 0.0608. The summed E-state index contributed by atoms with van der Waals surface area (Å²) in [5.41, 5.74) is 1.64. The van der Waals surface area contributed by atoms with Crippen LogP contribution < -0.4 is 0 Å². The van der Waals surface area contributed by atoms with Crippen LogP contribution in [0.5, 0.6) is 0 Å². The van der Waals surface area contributed by atoms with Gasteiger partial charge >= 0.3 is 0 Å². The molecule has 1 aromatic carbocycles. The fourth-order valence-corrected chi connectivity index (χ4v) is 2.91. The minimum atomic E-state index is -0.359. The van der Waals surface area contributed by atoms with Crippen molar-refractivity contribution in [3.63, 3.8) is 0 Å². The lowest BCUT2D eigenvalue weighted by Gasteiger charge is -2.25. The molecule has 0 saturated heterocycles. The first kappa shape index (κ1) is 16.1. The zero-order valence-electron chi connectivity index (χ0n) is 12.4. The van der Waals surface area contributed by atoms with E-state index in [4.69, 9.17) is 23.2 Å². The summed E-state index contributed by atoms with van der Waals surface area (Å²) in [6.45, 7) is 7.18. The quantitative estimate of drug-likeness (QED) is 0.782. The van der Waals surface area contributed by atoms with Gasteiger partial charge in [-0.1, -0.05) is 11.6 Å². The van der Waals surface area contributed by atoms with Crippen LogP contribution in [0.1, 0.15) is 32.6 Å². The maximum absolute atomic E-state index is 12.6. The van der Waals surface area contributed by atoms with Crippen molar-refractivity contribution in [1.82, 2.24) is 14.5 Å². The Bertz CT molecular complexity index is 650. The van der Waals surface area contributed by atoms with Crippen LogP contribution in [0.3, 0.4) is 0 Å². The van der Waals surface area contributed by atoms with Crippen LogP contribution in [0.2, 0.25) is 5.02 Å². The van der Waals surface area contributed by atoms with Gasteiger partial charge in [-0.25, -0.2) is 4.98 Å². The van der Waals surface area contributed by atoms with Crippen molar-refractivity contribution in [2.24, 2.45) is 0 Å². The van der Waals surface area contributed by atoms with Crippen molar-refractivity contribution < 1.29 is 4.79 Å². The minimum Gasteiger partial charge on any atom is -0.341 e. The van der Waals surface area contributed by atoms with Crippen LogP contribution >= 0.6 is 23.2 Å². The van der Waals surface area contributed by atoms with Gasteiger partial charge in [-0.05, 0) is 39.0 Å². The lowest BCUT2D eigenvalue weighted by atomic mass is 10.2. The zero-order chi connectivity index (χ0) is 15.6. The second-order valence-electron chi connectivity index (χ2n) is 4.85. The van der Waals surface area contributed by atoms with Gasteiger partial charge in [0.05, 0.1) is 16.9 Å². The van der Waals surface area contributed by atoms with Gasteiger partial charge in [0.2, 0.25) is 5.91 Å². The molecule has 0 saturated carbocycles. The lowest BCUT2D eigenvalue weighted by molar-refractivity contribution is -0.133. The molecular formula is C15H19Cl2N3O. The first-order chi connectivity index (χ1) is 10.0. The van der Waals surface area contributed by atoms with Crippen molar-refractivity contribution in [3.05, 3.63) is 29.0 Å². The summed E-state index contributed by atoms with van der Waals surface area (Å²) in [5, 5.41) is 0.618. The highest BCUT2D eigenvalue weighted by Gasteiger charge is 2.24. The Labute approximate surface area is 134 Å². The second-order valence-corrected chi connectivity index (χ2v) is 5.55. The highest BCUT2D eigenvalue weighted by atomic mass is 35.5. The number of amides is 1. The van der Waals surface area contributed by atoms with Gasteiger partial charge in [0.1, 0.15) is 11.9 Å². The number of likely N-dealkylation sites (N-methyl/N-ethyl adjacent to an activating group) is 1. The number of imidazole rings is 1. The fourth-order valence-electron chi connectivity index (χ4n) is 2.55. The van der Waals surface area contributed by atoms with Gasteiger partial charge in [0.25, 0.3) is 0 Å². The maximum Gasteiger partial charge on any atom is 0.245 e. The average molecular weight is 328 g/mol. The molecule has 0 fully saturated rings. The summed E-state index contributed by atoms with van der Waals surface area (Å²) in [4.78, 5) is 18.9. The molecule has 6 heteroatoms. The summed E-state index contributed by atoms with van der Waals surface area (Å²) in [7, 11) is 0. The van der Waals surface area contributed by atoms with Crippen molar-refractivity contribution in [2.45, 2.75) is 32.7 Å². The Morgan fingerprint density at radius 2 is 2.05 bits per heavy atom. The third-order valence-corrected chi connectivity index (χ3v) is 4.14. The van der Waals surface area contributed by atoms with E-state index in [1.54, 1.807) is 11.0 Å². The second kappa shape index (κ2) is 6.67. The summed E-state index contributed by atoms with van der Waals surface area (Å²) < 4.78 is 1.88. The summed E-state index contributed by atoms with van der Waals surface area (Å²) in [5.74, 6) is 0.995. The molecule has 1 unspecified atom stereocenters. The smallest absolute Gasteiger partial charge is 0.245 e. The first-order valence-corrected chi connectivity index (χ1v) is 7.95. The maximum atomic E-state index is 12.6. The zero-order valence-corrected chi connectivity index (χ0v) is 13.9. The highest BCUT2D eigenvalue weighted by molar-refractivity contribution is 6.31. The van der Waals surface area contributed by atoms with Crippen molar-refractivity contribution in [1.29, 1.82) is 0 Å². The van der Waals surface area contributed by atoms with Crippen LogP contribution in [0, 0.1) is 0 Å². The molecule has 1 aromatic heterocycles. The standard InChI is InChI=1S/C15H19Cl2N3O/c1-4-19(5-2)15(21)10(3)20-13-8-11(17)6-7-12(13)18-14(20)9-16/h6-8,10H,4-5,9H2,1-3H3. The summed E-state index contributed by atoms with van der Waals surface area (Å²) >= 11 is 12.1. The van der Waals surface area contributed by atoms with Gasteiger partial charge in [-0.2, -0.15) is 0 Å². The molecule has 1 atom stereocenters. The number of carbonyl (C=O) groups is 1. The number of carbonyl (C=O) groups excluding carboxylic acids is 1. The number of halogens is 2. The van der Waals surface area contributed by atoms with Gasteiger partial charge in [0, 0.05) is 18.1 Å². The molecule has 0 spiro atoms. The number of benzene rings is 1. The number of nitrogens with zero attached hydrogens (tertiary/aromatic N) is 3. The molecule has 1 amide bonds. The van der Waals surface area contributed by atoms with Crippen LogP contribution in [-0.4, -0.2) is 33.4 Å². The number of rotatable bonds is 5. The van der Waals surface area contributed by atoms with Gasteiger partial charge in [0.15, 0.2) is 0 Å². The van der Waals surface area contributed by atoms with E-state index in [1.165, 1.54) is 0 Å². The molecule has 4 nitrogen and oxygen atoms in total. The van der Waals surface area contributed by atoms with E-state index >= 15 is 0 Å².